The van der Waals surface area contributed by atoms with Gasteiger partial charge in [-0.2, -0.15) is 11.8 Å². The van der Waals surface area contributed by atoms with Crippen molar-refractivity contribution in [3.63, 3.8) is 0 Å². The number of rotatable bonds is 5. The SMILES string of the molecule is COC(C)(C)CC(C)NC1CCSCC1. The Morgan fingerprint density at radius 3 is 2.53 bits per heavy atom. The molecule has 0 saturated carbocycles. The molecule has 0 aliphatic carbocycles. The van der Waals surface area contributed by atoms with E-state index in [0.717, 1.165) is 12.5 Å². The van der Waals surface area contributed by atoms with Crippen molar-refractivity contribution in [3.05, 3.63) is 0 Å². The van der Waals surface area contributed by atoms with E-state index in [1.165, 1.54) is 24.3 Å². The standard InChI is InChI=1S/C12H25NOS/c1-10(9-12(2,3)14-4)13-11-5-7-15-8-6-11/h10-11,13H,5-9H2,1-4H3. The second-order valence-corrected chi connectivity index (χ2v) is 6.35. The van der Waals surface area contributed by atoms with Crippen molar-refractivity contribution in [2.75, 3.05) is 18.6 Å². The van der Waals surface area contributed by atoms with E-state index in [1.807, 2.05) is 0 Å². The van der Waals surface area contributed by atoms with Crippen LogP contribution in [0.4, 0.5) is 0 Å². The minimum absolute atomic E-state index is 0.00413. The van der Waals surface area contributed by atoms with Crippen LogP contribution in [0.3, 0.4) is 0 Å². The molecule has 15 heavy (non-hydrogen) atoms. The Labute approximate surface area is 98.5 Å². The molecule has 1 fully saturated rings. The van der Waals surface area contributed by atoms with Crippen LogP contribution in [0.25, 0.3) is 0 Å². The quantitative estimate of drug-likeness (QED) is 0.786. The maximum Gasteiger partial charge on any atom is 0.0637 e. The summed E-state index contributed by atoms with van der Waals surface area (Å²) in [5, 5.41) is 3.72. The van der Waals surface area contributed by atoms with Crippen molar-refractivity contribution in [1.29, 1.82) is 0 Å². The van der Waals surface area contributed by atoms with E-state index >= 15 is 0 Å². The fraction of sp³-hybridized carbons (Fsp3) is 1.00. The first-order valence-electron chi connectivity index (χ1n) is 5.92. The van der Waals surface area contributed by atoms with Gasteiger partial charge in [0, 0.05) is 19.2 Å². The first-order chi connectivity index (χ1) is 7.03. The van der Waals surface area contributed by atoms with Crippen molar-refractivity contribution >= 4 is 11.8 Å². The van der Waals surface area contributed by atoms with Crippen molar-refractivity contribution < 1.29 is 4.74 Å². The topological polar surface area (TPSA) is 21.3 Å². The Kier molecular flexibility index (Phi) is 5.44. The molecule has 1 atom stereocenters. The van der Waals surface area contributed by atoms with Crippen LogP contribution in [-0.4, -0.2) is 36.3 Å². The van der Waals surface area contributed by atoms with Crippen LogP contribution >= 0.6 is 11.8 Å². The molecule has 2 nitrogen and oxygen atoms in total. The average molecular weight is 231 g/mol. The maximum atomic E-state index is 5.45. The second kappa shape index (κ2) is 6.12. The molecule has 1 heterocycles. The average Bonchev–Trinajstić information content (AvgIpc) is 2.18. The Morgan fingerprint density at radius 2 is 2.00 bits per heavy atom. The molecule has 0 bridgehead atoms. The van der Waals surface area contributed by atoms with Crippen molar-refractivity contribution in [1.82, 2.24) is 5.32 Å². The highest BCUT2D eigenvalue weighted by Crippen LogP contribution is 2.20. The van der Waals surface area contributed by atoms with Crippen LogP contribution in [0.2, 0.25) is 0 Å². The number of thioether (sulfide) groups is 1. The molecule has 1 rings (SSSR count). The van der Waals surface area contributed by atoms with Gasteiger partial charge in [0.25, 0.3) is 0 Å². The summed E-state index contributed by atoms with van der Waals surface area (Å²) in [7, 11) is 1.80. The summed E-state index contributed by atoms with van der Waals surface area (Å²) in [4.78, 5) is 0. The number of nitrogens with one attached hydrogen (secondary N) is 1. The van der Waals surface area contributed by atoms with Crippen LogP contribution in [0, 0.1) is 0 Å². The van der Waals surface area contributed by atoms with Gasteiger partial charge in [-0.3, -0.25) is 0 Å². The van der Waals surface area contributed by atoms with E-state index in [1.54, 1.807) is 7.11 Å². The van der Waals surface area contributed by atoms with Gasteiger partial charge >= 0.3 is 0 Å². The molecule has 0 aromatic carbocycles. The van der Waals surface area contributed by atoms with Gasteiger partial charge in [0.15, 0.2) is 0 Å². The fourth-order valence-corrected chi connectivity index (χ4v) is 3.25. The van der Waals surface area contributed by atoms with Crippen LogP contribution in [0.15, 0.2) is 0 Å². The first-order valence-corrected chi connectivity index (χ1v) is 7.08. The van der Waals surface area contributed by atoms with E-state index in [0.29, 0.717) is 6.04 Å². The lowest BCUT2D eigenvalue weighted by atomic mass is 9.98. The molecule has 0 aromatic heterocycles. The summed E-state index contributed by atoms with van der Waals surface area (Å²) >= 11 is 2.08. The van der Waals surface area contributed by atoms with Gasteiger partial charge in [0.05, 0.1) is 5.60 Å². The van der Waals surface area contributed by atoms with Gasteiger partial charge < -0.3 is 10.1 Å². The molecular weight excluding hydrogens is 206 g/mol. The molecule has 0 spiro atoms. The number of hydrogen-bond donors (Lipinski definition) is 1. The Bertz CT molecular complexity index is 178. The summed E-state index contributed by atoms with van der Waals surface area (Å²) in [6, 6.07) is 1.28. The van der Waals surface area contributed by atoms with Gasteiger partial charge in [-0.25, -0.2) is 0 Å². The zero-order chi connectivity index (χ0) is 11.3. The highest BCUT2D eigenvalue weighted by Gasteiger charge is 2.22. The molecule has 3 heteroatoms. The van der Waals surface area contributed by atoms with E-state index < -0.39 is 0 Å². The van der Waals surface area contributed by atoms with Gasteiger partial charge in [0.2, 0.25) is 0 Å². The smallest absolute Gasteiger partial charge is 0.0637 e. The van der Waals surface area contributed by atoms with E-state index in [-0.39, 0.29) is 5.60 Å². The first kappa shape index (κ1) is 13.3. The molecule has 0 amide bonds. The van der Waals surface area contributed by atoms with Crippen LogP contribution in [0.5, 0.6) is 0 Å². The summed E-state index contributed by atoms with van der Waals surface area (Å²) in [5.41, 5.74) is -0.00413. The Balaban J connectivity index is 2.25. The monoisotopic (exact) mass is 231 g/mol. The highest BCUT2D eigenvalue weighted by atomic mass is 32.2. The third kappa shape index (κ3) is 5.23. The number of hydrogen-bond acceptors (Lipinski definition) is 3. The Hall–Kier alpha value is 0.270. The lowest BCUT2D eigenvalue weighted by Gasteiger charge is -2.31. The molecule has 0 aromatic rings. The summed E-state index contributed by atoms with van der Waals surface area (Å²) in [6.07, 6.45) is 3.72. The lowest BCUT2D eigenvalue weighted by Crippen LogP contribution is -2.42. The lowest BCUT2D eigenvalue weighted by molar-refractivity contribution is 0.00760. The predicted octanol–water partition coefficient (Wildman–Crippen LogP) is 2.68. The van der Waals surface area contributed by atoms with Crippen molar-refractivity contribution in [2.45, 2.75) is 57.7 Å². The third-order valence-electron chi connectivity index (χ3n) is 3.09. The minimum atomic E-state index is -0.00413. The summed E-state index contributed by atoms with van der Waals surface area (Å²) < 4.78 is 5.45. The molecule has 0 radical (unpaired) electrons. The molecule has 1 aliphatic heterocycles. The predicted molar refractivity (Wildman–Crippen MR) is 68.6 cm³/mol. The van der Waals surface area contributed by atoms with Crippen LogP contribution in [-0.2, 0) is 4.74 Å². The molecule has 1 aliphatic rings. The largest absolute Gasteiger partial charge is 0.379 e. The summed E-state index contributed by atoms with van der Waals surface area (Å²) in [6.45, 7) is 6.58. The van der Waals surface area contributed by atoms with Crippen molar-refractivity contribution in [2.24, 2.45) is 0 Å². The highest BCUT2D eigenvalue weighted by molar-refractivity contribution is 7.99. The molecular formula is C12H25NOS. The zero-order valence-electron chi connectivity index (χ0n) is 10.5. The van der Waals surface area contributed by atoms with Gasteiger partial charge in [-0.1, -0.05) is 0 Å². The Morgan fingerprint density at radius 1 is 1.40 bits per heavy atom. The molecule has 1 N–H and O–H groups in total. The van der Waals surface area contributed by atoms with Crippen molar-refractivity contribution in [3.8, 4) is 0 Å². The van der Waals surface area contributed by atoms with Gasteiger partial charge in [-0.15, -0.1) is 0 Å². The molecule has 1 unspecified atom stereocenters. The fourth-order valence-electron chi connectivity index (χ4n) is 2.15. The third-order valence-corrected chi connectivity index (χ3v) is 4.14. The minimum Gasteiger partial charge on any atom is -0.379 e. The zero-order valence-corrected chi connectivity index (χ0v) is 11.3. The number of methoxy groups -OCH3 is 1. The summed E-state index contributed by atoms with van der Waals surface area (Å²) in [5.74, 6) is 2.64. The van der Waals surface area contributed by atoms with Crippen LogP contribution < -0.4 is 5.32 Å². The van der Waals surface area contributed by atoms with Crippen LogP contribution in [0.1, 0.15) is 40.0 Å². The van der Waals surface area contributed by atoms with E-state index in [4.69, 9.17) is 4.74 Å². The maximum absolute atomic E-state index is 5.45. The van der Waals surface area contributed by atoms with E-state index in [9.17, 15) is 0 Å². The molecule has 1 saturated heterocycles. The second-order valence-electron chi connectivity index (χ2n) is 5.12. The van der Waals surface area contributed by atoms with E-state index in [2.05, 4.69) is 37.8 Å². The van der Waals surface area contributed by atoms with Gasteiger partial charge in [-0.05, 0) is 51.5 Å². The van der Waals surface area contributed by atoms with Gasteiger partial charge in [0.1, 0.15) is 0 Å². The normalized spacial score (nSPS) is 21.6. The number of ether oxygens (including phenoxy) is 1. The molecule has 90 valence electrons.